The number of nitrogens with two attached hydrogens (primary N) is 1. The molecule has 1 aromatic carbocycles. The van der Waals surface area contributed by atoms with Gasteiger partial charge in [0.2, 0.25) is 5.91 Å². The largest absolute Gasteiger partial charge is 0.492 e. The van der Waals surface area contributed by atoms with Gasteiger partial charge in [-0.1, -0.05) is 0 Å². The molecule has 1 amide bonds. The van der Waals surface area contributed by atoms with Gasteiger partial charge in [-0.3, -0.25) is 4.79 Å². The number of benzene rings is 1. The van der Waals surface area contributed by atoms with E-state index in [9.17, 15) is 4.79 Å². The van der Waals surface area contributed by atoms with Crippen LogP contribution in [0.5, 0.6) is 5.75 Å². The number of rotatable bonds is 5. The smallest absolute Gasteiger partial charge is 0.239 e. The Labute approximate surface area is 102 Å². The molecular formula is C12H19N3O2. The number of amides is 1. The minimum Gasteiger partial charge on any atom is -0.492 e. The zero-order valence-electron chi connectivity index (χ0n) is 10.5. The van der Waals surface area contributed by atoms with Crippen molar-refractivity contribution in [3.63, 3.8) is 0 Å². The summed E-state index contributed by atoms with van der Waals surface area (Å²) in [5.74, 6) is 0.607. The summed E-state index contributed by atoms with van der Waals surface area (Å²) in [4.78, 5) is 13.1. The van der Waals surface area contributed by atoms with Crippen LogP contribution in [0, 0.1) is 0 Å². The van der Waals surface area contributed by atoms with Gasteiger partial charge in [0.15, 0.2) is 0 Å². The first-order valence-electron chi connectivity index (χ1n) is 5.52. The molecule has 0 fully saturated rings. The molecule has 17 heavy (non-hydrogen) atoms. The summed E-state index contributed by atoms with van der Waals surface area (Å²) >= 11 is 0. The van der Waals surface area contributed by atoms with E-state index in [0.29, 0.717) is 24.6 Å². The maximum atomic E-state index is 11.3. The van der Waals surface area contributed by atoms with Gasteiger partial charge < -0.3 is 20.7 Å². The number of likely N-dealkylation sites (N-methyl/N-ethyl adjacent to an activating group) is 2. The predicted octanol–water partition coefficient (Wildman–Crippen LogP) is 0.850. The van der Waals surface area contributed by atoms with Gasteiger partial charge in [-0.2, -0.15) is 0 Å². The molecule has 0 saturated carbocycles. The van der Waals surface area contributed by atoms with Gasteiger partial charge in [-0.15, -0.1) is 0 Å². The molecule has 0 aromatic heterocycles. The molecule has 1 rings (SSSR count). The number of hydrogen-bond donors (Lipinski definition) is 2. The Morgan fingerprint density at radius 1 is 1.53 bits per heavy atom. The molecule has 3 N–H and O–H groups in total. The predicted molar refractivity (Wildman–Crippen MR) is 69.4 cm³/mol. The highest BCUT2D eigenvalue weighted by Crippen LogP contribution is 2.27. The van der Waals surface area contributed by atoms with E-state index in [1.807, 2.05) is 31.0 Å². The van der Waals surface area contributed by atoms with E-state index in [0.717, 1.165) is 5.69 Å². The molecule has 5 heteroatoms. The third-order valence-corrected chi connectivity index (χ3v) is 2.40. The second-order valence-electron chi connectivity index (χ2n) is 3.68. The minimum absolute atomic E-state index is 0.0396. The Balaban J connectivity index is 2.83. The number of carbonyl (C=O) groups excluding carboxylic acids is 1. The average Bonchev–Trinajstić information content (AvgIpc) is 2.32. The number of nitrogen functional groups attached to an aromatic ring is 1. The van der Waals surface area contributed by atoms with Crippen molar-refractivity contribution < 1.29 is 9.53 Å². The summed E-state index contributed by atoms with van der Waals surface area (Å²) in [7, 11) is 3.46. The van der Waals surface area contributed by atoms with Crippen molar-refractivity contribution in [2.75, 3.05) is 37.9 Å². The number of ether oxygens (including phenoxy) is 1. The summed E-state index contributed by atoms with van der Waals surface area (Å²) in [5, 5.41) is 2.58. The fourth-order valence-corrected chi connectivity index (χ4v) is 1.43. The number of carbonyl (C=O) groups is 1. The highest BCUT2D eigenvalue weighted by atomic mass is 16.5. The Morgan fingerprint density at radius 2 is 2.24 bits per heavy atom. The summed E-state index contributed by atoms with van der Waals surface area (Å²) in [5.41, 5.74) is 7.28. The second kappa shape index (κ2) is 5.98. The number of nitrogens with one attached hydrogen (secondary N) is 1. The van der Waals surface area contributed by atoms with Crippen LogP contribution in [-0.2, 0) is 4.79 Å². The van der Waals surface area contributed by atoms with Crippen LogP contribution >= 0.6 is 0 Å². The first-order valence-corrected chi connectivity index (χ1v) is 5.52. The van der Waals surface area contributed by atoms with E-state index in [-0.39, 0.29) is 5.91 Å². The van der Waals surface area contributed by atoms with Crippen molar-refractivity contribution in [1.82, 2.24) is 5.32 Å². The van der Waals surface area contributed by atoms with Crippen LogP contribution in [0.4, 0.5) is 11.4 Å². The Bertz CT molecular complexity index is 393. The molecule has 0 aliphatic heterocycles. The lowest BCUT2D eigenvalue weighted by atomic mass is 10.2. The van der Waals surface area contributed by atoms with E-state index >= 15 is 0 Å². The summed E-state index contributed by atoms with van der Waals surface area (Å²) in [6.45, 7) is 2.76. The molecule has 0 heterocycles. The maximum absolute atomic E-state index is 11.3. The van der Waals surface area contributed by atoms with E-state index in [4.69, 9.17) is 10.5 Å². The molecule has 94 valence electrons. The molecule has 0 spiro atoms. The summed E-state index contributed by atoms with van der Waals surface area (Å²) < 4.78 is 5.41. The van der Waals surface area contributed by atoms with Crippen molar-refractivity contribution in [3.05, 3.63) is 18.2 Å². The SMILES string of the molecule is CCOc1cc(N(C)CC(=O)NC)ccc1N. The van der Waals surface area contributed by atoms with Crippen LogP contribution in [-0.4, -0.2) is 33.2 Å². The summed E-state index contributed by atoms with van der Waals surface area (Å²) in [6, 6.07) is 5.48. The van der Waals surface area contributed by atoms with Gasteiger partial charge in [0, 0.05) is 25.8 Å². The van der Waals surface area contributed by atoms with E-state index in [1.165, 1.54) is 0 Å². The fourth-order valence-electron chi connectivity index (χ4n) is 1.43. The van der Waals surface area contributed by atoms with Crippen molar-refractivity contribution in [2.45, 2.75) is 6.92 Å². The quantitative estimate of drug-likeness (QED) is 0.745. The second-order valence-corrected chi connectivity index (χ2v) is 3.68. The van der Waals surface area contributed by atoms with Gasteiger partial charge in [0.25, 0.3) is 0 Å². The van der Waals surface area contributed by atoms with E-state index in [2.05, 4.69) is 5.32 Å². The zero-order valence-corrected chi connectivity index (χ0v) is 10.5. The Kier molecular flexibility index (Phi) is 4.63. The first-order chi connectivity index (χ1) is 8.08. The molecule has 0 saturated heterocycles. The normalized spacial score (nSPS) is 9.82. The fraction of sp³-hybridized carbons (Fsp3) is 0.417. The van der Waals surface area contributed by atoms with Gasteiger partial charge >= 0.3 is 0 Å². The number of nitrogens with zero attached hydrogens (tertiary/aromatic N) is 1. The van der Waals surface area contributed by atoms with Crippen molar-refractivity contribution in [1.29, 1.82) is 0 Å². The highest BCUT2D eigenvalue weighted by molar-refractivity contribution is 5.81. The van der Waals surface area contributed by atoms with Gasteiger partial charge in [-0.25, -0.2) is 0 Å². The van der Waals surface area contributed by atoms with Crippen LogP contribution in [0.2, 0.25) is 0 Å². The lowest BCUT2D eigenvalue weighted by molar-refractivity contribution is -0.119. The van der Waals surface area contributed by atoms with Crippen molar-refractivity contribution >= 4 is 17.3 Å². The first kappa shape index (κ1) is 13.2. The lowest BCUT2D eigenvalue weighted by Gasteiger charge is -2.19. The standard InChI is InChI=1S/C12H19N3O2/c1-4-17-11-7-9(5-6-10(11)13)15(3)8-12(16)14-2/h5-7H,4,8,13H2,1-3H3,(H,14,16). The highest BCUT2D eigenvalue weighted by Gasteiger charge is 2.08. The Morgan fingerprint density at radius 3 is 2.82 bits per heavy atom. The van der Waals surface area contributed by atoms with Gasteiger partial charge in [0.05, 0.1) is 18.8 Å². The minimum atomic E-state index is -0.0396. The molecular weight excluding hydrogens is 218 g/mol. The van der Waals surface area contributed by atoms with Crippen LogP contribution in [0.25, 0.3) is 0 Å². The lowest BCUT2D eigenvalue weighted by Crippen LogP contribution is -2.32. The molecule has 1 aromatic rings. The van der Waals surface area contributed by atoms with E-state index in [1.54, 1.807) is 13.1 Å². The van der Waals surface area contributed by atoms with E-state index < -0.39 is 0 Å². The third kappa shape index (κ3) is 3.55. The van der Waals surface area contributed by atoms with Crippen LogP contribution in [0.3, 0.4) is 0 Å². The molecule has 0 unspecified atom stereocenters. The van der Waals surface area contributed by atoms with Gasteiger partial charge in [0.1, 0.15) is 5.75 Å². The van der Waals surface area contributed by atoms with Crippen molar-refractivity contribution in [2.24, 2.45) is 0 Å². The van der Waals surface area contributed by atoms with Crippen molar-refractivity contribution in [3.8, 4) is 5.75 Å². The topological polar surface area (TPSA) is 67.6 Å². The van der Waals surface area contributed by atoms with Crippen LogP contribution in [0.1, 0.15) is 6.92 Å². The third-order valence-electron chi connectivity index (χ3n) is 2.40. The Hall–Kier alpha value is -1.91. The molecule has 0 radical (unpaired) electrons. The van der Waals surface area contributed by atoms with Crippen LogP contribution in [0.15, 0.2) is 18.2 Å². The molecule has 0 aliphatic carbocycles. The molecule has 5 nitrogen and oxygen atoms in total. The molecule has 0 atom stereocenters. The molecule has 0 aliphatic rings. The molecule has 0 bridgehead atoms. The number of hydrogen-bond acceptors (Lipinski definition) is 4. The summed E-state index contributed by atoms with van der Waals surface area (Å²) in [6.07, 6.45) is 0. The van der Waals surface area contributed by atoms with Gasteiger partial charge in [-0.05, 0) is 19.1 Å². The zero-order chi connectivity index (χ0) is 12.8. The number of anilines is 2. The average molecular weight is 237 g/mol. The monoisotopic (exact) mass is 237 g/mol. The maximum Gasteiger partial charge on any atom is 0.239 e. The van der Waals surface area contributed by atoms with Crippen LogP contribution < -0.4 is 20.7 Å².